The molecule has 1 saturated heterocycles. The maximum absolute atomic E-state index is 11.3. The van der Waals surface area contributed by atoms with Crippen LogP contribution in [0.25, 0.3) is 0 Å². The molecule has 0 aromatic rings. The van der Waals surface area contributed by atoms with Crippen molar-refractivity contribution in [3.8, 4) is 0 Å². The second-order valence-electron chi connectivity index (χ2n) is 6.31. The van der Waals surface area contributed by atoms with Crippen LogP contribution in [0, 0.1) is 0 Å². The number of piperazine rings is 1. The van der Waals surface area contributed by atoms with Crippen molar-refractivity contribution >= 4 is 11.9 Å². The van der Waals surface area contributed by atoms with Crippen LogP contribution in [0.1, 0.15) is 47.0 Å². The van der Waals surface area contributed by atoms with Crippen LogP contribution in [-0.2, 0) is 4.79 Å². The average Bonchev–Trinajstić information content (AvgIpc) is 2.55. The summed E-state index contributed by atoms with van der Waals surface area (Å²) in [5.41, 5.74) is 0. The summed E-state index contributed by atoms with van der Waals surface area (Å²) in [7, 11) is 0. The van der Waals surface area contributed by atoms with Gasteiger partial charge in [0.1, 0.15) is 0 Å². The van der Waals surface area contributed by atoms with E-state index < -0.39 is 0 Å². The zero-order valence-electron chi connectivity index (χ0n) is 15.4. The normalized spacial score (nSPS) is 17.9. The van der Waals surface area contributed by atoms with Crippen molar-refractivity contribution in [2.24, 2.45) is 4.99 Å². The van der Waals surface area contributed by atoms with Gasteiger partial charge < -0.3 is 15.5 Å². The van der Waals surface area contributed by atoms with Gasteiger partial charge in [0, 0.05) is 58.8 Å². The Labute approximate surface area is 141 Å². The molecule has 0 aromatic heterocycles. The summed E-state index contributed by atoms with van der Waals surface area (Å²) in [6.45, 7) is 14.5. The monoisotopic (exact) mass is 325 g/mol. The van der Waals surface area contributed by atoms with E-state index in [0.29, 0.717) is 6.04 Å². The fourth-order valence-corrected chi connectivity index (χ4v) is 2.46. The first-order chi connectivity index (χ1) is 11.1. The molecule has 0 aromatic carbocycles. The summed E-state index contributed by atoms with van der Waals surface area (Å²) in [5, 5.41) is 6.89. The molecule has 6 nitrogen and oxygen atoms in total. The number of hydrogen-bond acceptors (Lipinski definition) is 3. The molecule has 2 N–H and O–H groups in total. The van der Waals surface area contributed by atoms with Crippen LogP contribution in [0.2, 0.25) is 0 Å². The number of carbonyl (C=O) groups is 1. The molecule has 1 aliphatic heterocycles. The zero-order valence-corrected chi connectivity index (χ0v) is 15.4. The van der Waals surface area contributed by atoms with Crippen molar-refractivity contribution in [3.63, 3.8) is 0 Å². The quantitative estimate of drug-likeness (QED) is 0.401. The molecule has 1 atom stereocenters. The maximum atomic E-state index is 11.3. The number of unbranched alkanes of at least 4 members (excludes halogenated alkanes) is 1. The Morgan fingerprint density at radius 2 is 1.91 bits per heavy atom. The predicted molar refractivity (Wildman–Crippen MR) is 96.8 cm³/mol. The molecule has 1 aliphatic rings. The Hall–Kier alpha value is -1.30. The molecule has 6 heteroatoms. The minimum atomic E-state index is 0.186. The van der Waals surface area contributed by atoms with Gasteiger partial charge in [-0.25, -0.2) is 0 Å². The summed E-state index contributed by atoms with van der Waals surface area (Å²) in [6.07, 6.45) is 3.38. The highest BCUT2D eigenvalue weighted by molar-refractivity contribution is 5.80. The molecule has 0 spiro atoms. The highest BCUT2D eigenvalue weighted by Gasteiger charge is 2.17. The van der Waals surface area contributed by atoms with Gasteiger partial charge >= 0.3 is 0 Å². The maximum Gasteiger partial charge on any atom is 0.219 e. The summed E-state index contributed by atoms with van der Waals surface area (Å²) in [4.78, 5) is 20.3. The third-order valence-corrected chi connectivity index (χ3v) is 4.32. The predicted octanol–water partition coefficient (Wildman–Crippen LogP) is 1.28. The number of nitrogens with zero attached hydrogens (tertiary/aromatic N) is 3. The van der Waals surface area contributed by atoms with Crippen LogP contribution >= 0.6 is 0 Å². The Morgan fingerprint density at radius 3 is 2.48 bits per heavy atom. The Kier molecular flexibility index (Phi) is 9.67. The van der Waals surface area contributed by atoms with Crippen molar-refractivity contribution in [1.82, 2.24) is 20.4 Å². The van der Waals surface area contributed by atoms with E-state index in [4.69, 9.17) is 0 Å². The summed E-state index contributed by atoms with van der Waals surface area (Å²) >= 11 is 0. The van der Waals surface area contributed by atoms with Gasteiger partial charge in [0.05, 0.1) is 0 Å². The van der Waals surface area contributed by atoms with E-state index >= 15 is 0 Å². The van der Waals surface area contributed by atoms with Gasteiger partial charge in [-0.2, -0.15) is 0 Å². The molecular formula is C17H35N5O. The van der Waals surface area contributed by atoms with Gasteiger partial charge in [0.2, 0.25) is 5.91 Å². The lowest BCUT2D eigenvalue weighted by molar-refractivity contribution is -0.130. The second kappa shape index (κ2) is 11.3. The largest absolute Gasteiger partial charge is 0.355 e. The van der Waals surface area contributed by atoms with E-state index in [9.17, 15) is 4.79 Å². The van der Waals surface area contributed by atoms with Gasteiger partial charge in [0.25, 0.3) is 0 Å². The van der Waals surface area contributed by atoms with Crippen LogP contribution in [-0.4, -0.2) is 73.5 Å². The number of guanidine groups is 1. The summed E-state index contributed by atoms with van der Waals surface area (Å²) < 4.78 is 0. The van der Waals surface area contributed by atoms with Crippen molar-refractivity contribution in [1.29, 1.82) is 0 Å². The average molecular weight is 326 g/mol. The van der Waals surface area contributed by atoms with E-state index in [1.165, 1.54) is 6.42 Å². The SMILES string of the molecule is CCCCN=C(NCCN1CCN(C(C)=O)CC1)NC(C)CC. The molecule has 1 heterocycles. The molecule has 0 aliphatic carbocycles. The molecule has 134 valence electrons. The van der Waals surface area contributed by atoms with Crippen LogP contribution < -0.4 is 10.6 Å². The topological polar surface area (TPSA) is 60.0 Å². The molecule has 0 radical (unpaired) electrons. The number of hydrogen-bond donors (Lipinski definition) is 2. The first-order valence-corrected chi connectivity index (χ1v) is 9.09. The number of nitrogens with one attached hydrogen (secondary N) is 2. The van der Waals surface area contributed by atoms with E-state index in [0.717, 1.165) is 64.6 Å². The third-order valence-electron chi connectivity index (χ3n) is 4.32. The fourth-order valence-electron chi connectivity index (χ4n) is 2.46. The summed E-state index contributed by atoms with van der Waals surface area (Å²) in [6, 6.07) is 0.432. The lowest BCUT2D eigenvalue weighted by Gasteiger charge is -2.34. The lowest BCUT2D eigenvalue weighted by atomic mass is 10.3. The Balaban J connectivity index is 2.31. The van der Waals surface area contributed by atoms with E-state index in [1.807, 2.05) is 4.90 Å². The lowest BCUT2D eigenvalue weighted by Crippen LogP contribution is -2.50. The third kappa shape index (κ3) is 8.21. The second-order valence-corrected chi connectivity index (χ2v) is 6.31. The number of rotatable bonds is 8. The highest BCUT2D eigenvalue weighted by Crippen LogP contribution is 2.01. The van der Waals surface area contributed by atoms with Gasteiger partial charge in [-0.05, 0) is 19.8 Å². The summed E-state index contributed by atoms with van der Waals surface area (Å²) in [5.74, 6) is 1.11. The van der Waals surface area contributed by atoms with E-state index in [-0.39, 0.29) is 5.91 Å². The highest BCUT2D eigenvalue weighted by atomic mass is 16.2. The van der Waals surface area contributed by atoms with Gasteiger partial charge in [-0.3, -0.25) is 14.7 Å². The smallest absolute Gasteiger partial charge is 0.219 e. The number of carbonyl (C=O) groups excluding carboxylic acids is 1. The van der Waals surface area contributed by atoms with E-state index in [1.54, 1.807) is 6.92 Å². The minimum Gasteiger partial charge on any atom is -0.355 e. The standard InChI is InChI=1S/C17H35N5O/c1-5-7-8-18-17(20-15(3)6-2)19-9-10-21-11-13-22(14-12-21)16(4)23/h15H,5-14H2,1-4H3,(H2,18,19,20). The van der Waals surface area contributed by atoms with Crippen LogP contribution in [0.15, 0.2) is 4.99 Å². The van der Waals surface area contributed by atoms with Crippen molar-refractivity contribution in [3.05, 3.63) is 0 Å². The van der Waals surface area contributed by atoms with E-state index in [2.05, 4.69) is 41.3 Å². The molecule has 1 fully saturated rings. The molecule has 0 bridgehead atoms. The van der Waals surface area contributed by atoms with Crippen molar-refractivity contribution < 1.29 is 4.79 Å². The van der Waals surface area contributed by atoms with Gasteiger partial charge in [0.15, 0.2) is 5.96 Å². The molecule has 1 unspecified atom stereocenters. The zero-order chi connectivity index (χ0) is 17.1. The fraction of sp³-hybridized carbons (Fsp3) is 0.882. The van der Waals surface area contributed by atoms with Crippen molar-refractivity contribution in [2.75, 3.05) is 45.8 Å². The van der Waals surface area contributed by atoms with Gasteiger partial charge in [-0.1, -0.05) is 20.3 Å². The van der Waals surface area contributed by atoms with Gasteiger partial charge in [-0.15, -0.1) is 0 Å². The van der Waals surface area contributed by atoms with Crippen LogP contribution in [0.4, 0.5) is 0 Å². The first kappa shape index (κ1) is 19.7. The number of aliphatic imine (C=N–C) groups is 1. The first-order valence-electron chi connectivity index (χ1n) is 9.09. The van der Waals surface area contributed by atoms with Crippen LogP contribution in [0.3, 0.4) is 0 Å². The molecular weight excluding hydrogens is 290 g/mol. The number of amides is 1. The Morgan fingerprint density at radius 1 is 1.22 bits per heavy atom. The molecule has 23 heavy (non-hydrogen) atoms. The molecule has 1 amide bonds. The van der Waals surface area contributed by atoms with Crippen LogP contribution in [0.5, 0.6) is 0 Å². The molecule has 0 saturated carbocycles. The molecule has 1 rings (SSSR count). The van der Waals surface area contributed by atoms with Crippen molar-refractivity contribution in [2.45, 2.75) is 53.0 Å². The minimum absolute atomic E-state index is 0.186. The Bertz CT molecular complexity index is 364.